The lowest BCUT2D eigenvalue weighted by Crippen LogP contribution is -2.02. The summed E-state index contributed by atoms with van der Waals surface area (Å²) < 4.78 is 12.9. The molecule has 0 aliphatic carbocycles. The molecule has 0 unspecified atom stereocenters. The van der Waals surface area contributed by atoms with Gasteiger partial charge < -0.3 is 5.32 Å². The number of nitro groups is 1. The van der Waals surface area contributed by atoms with Crippen molar-refractivity contribution in [3.63, 3.8) is 0 Å². The minimum absolute atomic E-state index is 0.276. The molecule has 0 spiro atoms. The number of anilines is 1. The molecule has 1 aromatic heterocycles. The average Bonchev–Trinajstić information content (AvgIpc) is 2.80. The number of benzene rings is 1. The third-order valence-corrected chi connectivity index (χ3v) is 2.19. The Morgan fingerprint density at radius 3 is 3.00 bits per heavy atom. The topological polar surface area (TPSA) is 83.8 Å². The fourth-order valence-electron chi connectivity index (χ4n) is 1.38. The van der Waals surface area contributed by atoms with Crippen LogP contribution in [0.5, 0.6) is 0 Å². The van der Waals surface area contributed by atoms with Crippen LogP contribution < -0.4 is 5.32 Å². The second kappa shape index (κ2) is 4.60. The number of aromatic amines is 1. The molecule has 7 heteroatoms. The minimum Gasteiger partial charge on any atom is -0.375 e. The third-order valence-electron chi connectivity index (χ3n) is 2.19. The predicted octanol–water partition coefficient (Wildman–Crippen LogP) is 2.07. The standard InChI is InChI=1S/C10H9FN4O2/c11-8-1-2-9(10(3-8)15(16)17)12-4-7-5-13-14-6-7/h1-3,5-6,12H,4H2,(H,13,14). The SMILES string of the molecule is O=[N+]([O-])c1cc(F)ccc1NCc1cn[nH]c1. The van der Waals surface area contributed by atoms with E-state index in [-0.39, 0.29) is 11.4 Å². The number of H-pyrrole nitrogens is 1. The van der Waals surface area contributed by atoms with Gasteiger partial charge in [0.25, 0.3) is 5.69 Å². The summed E-state index contributed by atoms with van der Waals surface area (Å²) in [6.07, 6.45) is 3.27. The van der Waals surface area contributed by atoms with Crippen molar-refractivity contribution < 1.29 is 9.31 Å². The van der Waals surface area contributed by atoms with Gasteiger partial charge in [-0.3, -0.25) is 15.2 Å². The minimum atomic E-state index is -0.634. The van der Waals surface area contributed by atoms with E-state index in [1.807, 2.05) is 0 Å². The lowest BCUT2D eigenvalue weighted by molar-refractivity contribution is -0.384. The zero-order valence-electron chi connectivity index (χ0n) is 8.68. The Labute approximate surface area is 95.6 Å². The number of nitrogens with one attached hydrogen (secondary N) is 2. The zero-order chi connectivity index (χ0) is 12.3. The van der Waals surface area contributed by atoms with Gasteiger partial charge >= 0.3 is 0 Å². The highest BCUT2D eigenvalue weighted by Crippen LogP contribution is 2.25. The van der Waals surface area contributed by atoms with Gasteiger partial charge in [-0.05, 0) is 12.1 Å². The van der Waals surface area contributed by atoms with Crippen molar-refractivity contribution >= 4 is 11.4 Å². The number of rotatable bonds is 4. The van der Waals surface area contributed by atoms with Gasteiger partial charge in [-0.1, -0.05) is 0 Å². The number of aromatic nitrogens is 2. The first-order valence-electron chi connectivity index (χ1n) is 4.82. The van der Waals surface area contributed by atoms with Crippen LogP contribution in [0.4, 0.5) is 15.8 Å². The molecule has 0 aliphatic heterocycles. The molecule has 1 aromatic carbocycles. The molecular weight excluding hydrogens is 227 g/mol. The van der Waals surface area contributed by atoms with Crippen molar-refractivity contribution in [2.24, 2.45) is 0 Å². The van der Waals surface area contributed by atoms with Gasteiger partial charge in [0.15, 0.2) is 0 Å². The monoisotopic (exact) mass is 236 g/mol. The van der Waals surface area contributed by atoms with Crippen molar-refractivity contribution in [3.8, 4) is 0 Å². The maximum atomic E-state index is 12.9. The highest BCUT2D eigenvalue weighted by molar-refractivity contribution is 5.61. The molecule has 1 heterocycles. The second-order valence-corrected chi connectivity index (χ2v) is 3.38. The molecule has 0 saturated heterocycles. The van der Waals surface area contributed by atoms with Crippen molar-refractivity contribution in [1.29, 1.82) is 0 Å². The maximum Gasteiger partial charge on any atom is 0.295 e. The van der Waals surface area contributed by atoms with E-state index >= 15 is 0 Å². The summed E-state index contributed by atoms with van der Waals surface area (Å²) in [7, 11) is 0. The highest BCUT2D eigenvalue weighted by atomic mass is 19.1. The van der Waals surface area contributed by atoms with E-state index in [1.54, 1.807) is 12.4 Å². The van der Waals surface area contributed by atoms with Crippen LogP contribution in [0.1, 0.15) is 5.56 Å². The summed E-state index contributed by atoms with van der Waals surface area (Å²) in [5, 5.41) is 19.9. The van der Waals surface area contributed by atoms with E-state index in [1.165, 1.54) is 12.1 Å². The Morgan fingerprint density at radius 2 is 2.35 bits per heavy atom. The molecule has 0 radical (unpaired) electrons. The van der Waals surface area contributed by atoms with Crippen molar-refractivity contribution in [3.05, 3.63) is 52.1 Å². The third kappa shape index (κ3) is 2.57. The molecule has 2 N–H and O–H groups in total. The number of nitrogens with zero attached hydrogens (tertiary/aromatic N) is 2. The van der Waals surface area contributed by atoms with Crippen molar-refractivity contribution in [1.82, 2.24) is 10.2 Å². The Morgan fingerprint density at radius 1 is 1.53 bits per heavy atom. The van der Waals surface area contributed by atoms with Crippen LogP contribution in [-0.2, 0) is 6.54 Å². The van der Waals surface area contributed by atoms with Crippen LogP contribution in [0.15, 0.2) is 30.6 Å². The quantitative estimate of drug-likeness (QED) is 0.628. The number of hydrogen-bond acceptors (Lipinski definition) is 4. The first-order valence-corrected chi connectivity index (χ1v) is 4.82. The molecule has 2 aromatic rings. The smallest absolute Gasteiger partial charge is 0.295 e. The summed E-state index contributed by atoms with van der Waals surface area (Å²) in [6.45, 7) is 0.378. The second-order valence-electron chi connectivity index (χ2n) is 3.38. The van der Waals surface area contributed by atoms with E-state index in [2.05, 4.69) is 15.5 Å². The van der Waals surface area contributed by atoms with E-state index in [9.17, 15) is 14.5 Å². The van der Waals surface area contributed by atoms with Gasteiger partial charge in [-0.25, -0.2) is 4.39 Å². The lowest BCUT2D eigenvalue weighted by atomic mass is 10.2. The molecule has 0 atom stereocenters. The zero-order valence-corrected chi connectivity index (χ0v) is 8.68. The summed E-state index contributed by atoms with van der Waals surface area (Å²) in [5.74, 6) is -0.634. The van der Waals surface area contributed by atoms with Crippen LogP contribution in [0.25, 0.3) is 0 Å². The van der Waals surface area contributed by atoms with E-state index in [0.29, 0.717) is 6.54 Å². The van der Waals surface area contributed by atoms with E-state index in [0.717, 1.165) is 11.6 Å². The number of halogens is 1. The molecular formula is C10H9FN4O2. The summed E-state index contributed by atoms with van der Waals surface area (Å²) >= 11 is 0. The van der Waals surface area contributed by atoms with Crippen molar-refractivity contribution in [2.75, 3.05) is 5.32 Å². The van der Waals surface area contributed by atoms with Crippen LogP contribution >= 0.6 is 0 Å². The number of hydrogen-bond donors (Lipinski definition) is 2. The van der Waals surface area contributed by atoms with Gasteiger partial charge in [0, 0.05) is 18.3 Å². The molecule has 0 aliphatic rings. The first-order chi connectivity index (χ1) is 8.16. The lowest BCUT2D eigenvalue weighted by Gasteiger charge is -2.05. The Hall–Kier alpha value is -2.44. The van der Waals surface area contributed by atoms with Gasteiger partial charge in [0.2, 0.25) is 0 Å². The normalized spacial score (nSPS) is 10.2. The molecule has 0 bridgehead atoms. The molecule has 0 saturated carbocycles. The van der Waals surface area contributed by atoms with E-state index < -0.39 is 10.7 Å². The van der Waals surface area contributed by atoms with Crippen molar-refractivity contribution in [2.45, 2.75) is 6.54 Å². The van der Waals surface area contributed by atoms with Gasteiger partial charge in [0.1, 0.15) is 11.5 Å². The highest BCUT2D eigenvalue weighted by Gasteiger charge is 2.14. The van der Waals surface area contributed by atoms with Crippen LogP contribution in [-0.4, -0.2) is 15.1 Å². The van der Waals surface area contributed by atoms with Crippen LogP contribution in [0.2, 0.25) is 0 Å². The van der Waals surface area contributed by atoms with Gasteiger partial charge in [-0.15, -0.1) is 0 Å². The molecule has 6 nitrogen and oxygen atoms in total. The van der Waals surface area contributed by atoms with Crippen LogP contribution in [0, 0.1) is 15.9 Å². The molecule has 2 rings (SSSR count). The largest absolute Gasteiger partial charge is 0.375 e. The fraction of sp³-hybridized carbons (Fsp3) is 0.100. The maximum absolute atomic E-state index is 12.9. The fourth-order valence-corrected chi connectivity index (χ4v) is 1.38. The summed E-state index contributed by atoms with van der Waals surface area (Å²) in [6, 6.07) is 3.40. The molecule has 0 amide bonds. The average molecular weight is 236 g/mol. The van der Waals surface area contributed by atoms with Gasteiger partial charge in [0.05, 0.1) is 17.2 Å². The Bertz CT molecular complexity index is 527. The van der Waals surface area contributed by atoms with Gasteiger partial charge in [-0.2, -0.15) is 5.10 Å². The van der Waals surface area contributed by atoms with Crippen LogP contribution in [0.3, 0.4) is 0 Å². The Balaban J connectivity index is 2.17. The first kappa shape index (κ1) is 11.1. The molecule has 88 valence electrons. The molecule has 0 fully saturated rings. The number of nitro benzene ring substituents is 1. The summed E-state index contributed by atoms with van der Waals surface area (Å²) in [4.78, 5) is 10.1. The predicted molar refractivity (Wildman–Crippen MR) is 59.0 cm³/mol. The molecule has 17 heavy (non-hydrogen) atoms. The van der Waals surface area contributed by atoms with E-state index in [4.69, 9.17) is 0 Å². The Kier molecular flexibility index (Phi) is 2.99. The summed E-state index contributed by atoms with van der Waals surface area (Å²) in [5.41, 5.74) is 0.842.